The van der Waals surface area contributed by atoms with E-state index in [4.69, 9.17) is 28.8 Å². The maximum absolute atomic E-state index is 13.2. The number of rotatable bonds is 10. The molecule has 2 aliphatic heterocycles. The summed E-state index contributed by atoms with van der Waals surface area (Å²) in [4.78, 5) is 63.3. The van der Waals surface area contributed by atoms with Gasteiger partial charge in [-0.05, 0) is 58.0 Å². The minimum atomic E-state index is -1.75. The summed E-state index contributed by atoms with van der Waals surface area (Å²) in [6.07, 6.45) is -1.89. The number of piperidine rings is 1. The Kier molecular flexibility index (Phi) is 8.10. The fourth-order valence-electron chi connectivity index (χ4n) is 6.98. The van der Waals surface area contributed by atoms with Crippen LogP contribution < -0.4 is 14.8 Å². The van der Waals surface area contributed by atoms with Gasteiger partial charge in [0.2, 0.25) is 6.10 Å². The van der Waals surface area contributed by atoms with Crippen LogP contribution in [0.15, 0.2) is 24.0 Å². The van der Waals surface area contributed by atoms with Gasteiger partial charge in [0.05, 0.1) is 24.5 Å². The van der Waals surface area contributed by atoms with Crippen molar-refractivity contribution in [2.45, 2.75) is 87.9 Å². The standard InChI is InChI=1S/C30H36N2O12/c1-14(27(36)37)31-26(35)15(2)41-28(38)20(42-16(3)33)13-22(34)43-19-8-9-30(39)21-12-17-6-7-18(40-5)24-23(17)29(30,25(19)44-24)10-11-32(21)4/h6-8,14-15,20-21,25,39H,9-13H2,1-5H3,(H,31,35)(H,36,37)/t14-,15-,20-,21-,25-,29-,30+/m0/s1. The highest BCUT2D eigenvalue weighted by Crippen LogP contribution is 2.65. The van der Waals surface area contributed by atoms with Gasteiger partial charge in [0.1, 0.15) is 11.8 Å². The highest BCUT2D eigenvalue weighted by molar-refractivity contribution is 5.89. The van der Waals surface area contributed by atoms with Crippen LogP contribution in [0.4, 0.5) is 0 Å². The summed E-state index contributed by atoms with van der Waals surface area (Å²) in [5.74, 6) is -4.07. The first-order valence-electron chi connectivity index (χ1n) is 14.3. The Labute approximate surface area is 253 Å². The van der Waals surface area contributed by atoms with Crippen LogP contribution in [-0.2, 0) is 50.0 Å². The van der Waals surface area contributed by atoms with E-state index in [0.717, 1.165) is 18.1 Å². The lowest BCUT2D eigenvalue weighted by Crippen LogP contribution is -2.74. The Bertz CT molecular complexity index is 1440. The number of benzene rings is 1. The lowest BCUT2D eigenvalue weighted by atomic mass is 9.50. The summed E-state index contributed by atoms with van der Waals surface area (Å²) in [7, 11) is 3.50. The molecular weight excluding hydrogens is 580 g/mol. The van der Waals surface area contributed by atoms with Crippen LogP contribution in [-0.4, -0.2) is 102 Å². The number of ether oxygens (including phenoxy) is 5. The fourth-order valence-corrected chi connectivity index (χ4v) is 6.98. The second kappa shape index (κ2) is 11.4. The van der Waals surface area contributed by atoms with Gasteiger partial charge in [0.25, 0.3) is 5.91 Å². The van der Waals surface area contributed by atoms with Crippen molar-refractivity contribution < 1.29 is 57.9 Å². The molecule has 0 aromatic heterocycles. The summed E-state index contributed by atoms with van der Waals surface area (Å²) in [5, 5.41) is 23.4. The number of methoxy groups -OCH3 is 1. The molecule has 1 spiro atoms. The van der Waals surface area contributed by atoms with Gasteiger partial charge in [0, 0.05) is 24.9 Å². The number of nitrogens with one attached hydrogen (secondary N) is 1. The Balaban J connectivity index is 1.36. The average molecular weight is 617 g/mol. The van der Waals surface area contributed by atoms with Crippen molar-refractivity contribution in [2.24, 2.45) is 0 Å². The Hall–Kier alpha value is -4.17. The van der Waals surface area contributed by atoms with Gasteiger partial charge in [-0.25, -0.2) is 4.79 Å². The minimum absolute atomic E-state index is 0.152. The highest BCUT2D eigenvalue weighted by atomic mass is 16.6. The third-order valence-electron chi connectivity index (χ3n) is 9.10. The number of aliphatic carboxylic acids is 1. The van der Waals surface area contributed by atoms with E-state index in [-0.39, 0.29) is 18.2 Å². The summed E-state index contributed by atoms with van der Waals surface area (Å²) in [6, 6.07) is 2.34. The molecule has 7 atom stereocenters. The Morgan fingerprint density at radius 2 is 1.91 bits per heavy atom. The van der Waals surface area contributed by atoms with Crippen LogP contribution in [0.2, 0.25) is 0 Å². The van der Waals surface area contributed by atoms with Crippen LogP contribution in [0.3, 0.4) is 0 Å². The number of amides is 1. The molecule has 1 amide bonds. The number of carbonyl (C=O) groups excluding carboxylic acids is 4. The number of nitrogens with zero attached hydrogens (tertiary/aromatic N) is 1. The molecule has 3 N–H and O–H groups in total. The van der Waals surface area contributed by atoms with Crippen LogP contribution in [0, 0.1) is 0 Å². The molecule has 14 heteroatoms. The van der Waals surface area contributed by atoms with Crippen molar-refractivity contribution in [3.8, 4) is 11.5 Å². The average Bonchev–Trinajstić information content (AvgIpc) is 3.31. The first-order valence-corrected chi connectivity index (χ1v) is 14.3. The molecule has 44 heavy (non-hydrogen) atoms. The van der Waals surface area contributed by atoms with Crippen LogP contribution in [0.5, 0.6) is 11.5 Å². The van der Waals surface area contributed by atoms with E-state index in [1.807, 2.05) is 19.2 Å². The molecule has 238 valence electrons. The Morgan fingerprint density at radius 1 is 1.18 bits per heavy atom. The molecule has 4 aliphatic rings. The van der Waals surface area contributed by atoms with Crippen molar-refractivity contribution in [1.82, 2.24) is 10.2 Å². The number of carbonyl (C=O) groups is 5. The van der Waals surface area contributed by atoms with Crippen molar-refractivity contribution >= 4 is 29.8 Å². The number of carboxylic acid groups (broad SMARTS) is 1. The molecule has 0 radical (unpaired) electrons. The normalized spacial score (nSPS) is 28.2. The van der Waals surface area contributed by atoms with Crippen LogP contribution in [0.1, 0.15) is 51.2 Å². The first-order chi connectivity index (χ1) is 20.7. The summed E-state index contributed by atoms with van der Waals surface area (Å²) in [5.41, 5.74) is -0.271. The molecule has 2 aliphatic carbocycles. The molecular formula is C30H36N2O12. The van der Waals surface area contributed by atoms with Crippen molar-refractivity contribution in [2.75, 3.05) is 20.7 Å². The van der Waals surface area contributed by atoms with Gasteiger partial charge in [-0.1, -0.05) is 6.07 Å². The molecule has 2 bridgehead atoms. The van der Waals surface area contributed by atoms with E-state index in [1.165, 1.54) is 21.0 Å². The maximum atomic E-state index is 13.2. The maximum Gasteiger partial charge on any atom is 0.348 e. The number of likely N-dealkylation sites (tertiary alicyclic amines) is 1. The number of likely N-dealkylation sites (N-methyl/N-ethyl adjacent to an activating group) is 1. The van der Waals surface area contributed by atoms with Crippen molar-refractivity contribution in [3.63, 3.8) is 0 Å². The van der Waals surface area contributed by atoms with Gasteiger partial charge in [-0.2, -0.15) is 0 Å². The molecule has 1 saturated heterocycles. The molecule has 14 nitrogen and oxygen atoms in total. The van der Waals surface area contributed by atoms with E-state index < -0.39 is 71.6 Å². The van der Waals surface area contributed by atoms with E-state index >= 15 is 0 Å². The zero-order chi connectivity index (χ0) is 32.1. The Morgan fingerprint density at radius 3 is 2.57 bits per heavy atom. The second-order valence-corrected chi connectivity index (χ2v) is 11.7. The number of hydrogen-bond acceptors (Lipinski definition) is 12. The van der Waals surface area contributed by atoms with E-state index in [1.54, 1.807) is 6.08 Å². The lowest BCUT2D eigenvalue weighted by Gasteiger charge is -2.61. The number of aliphatic hydroxyl groups is 1. The minimum Gasteiger partial charge on any atom is -0.493 e. The second-order valence-electron chi connectivity index (χ2n) is 11.7. The highest BCUT2D eigenvalue weighted by Gasteiger charge is 2.72. The summed E-state index contributed by atoms with van der Waals surface area (Å²) >= 11 is 0. The third-order valence-corrected chi connectivity index (χ3v) is 9.10. The predicted octanol–water partition coefficient (Wildman–Crippen LogP) is 0.359. The van der Waals surface area contributed by atoms with Crippen molar-refractivity contribution in [3.05, 3.63) is 35.1 Å². The predicted molar refractivity (Wildman–Crippen MR) is 149 cm³/mol. The number of esters is 3. The molecule has 1 fully saturated rings. The van der Waals surface area contributed by atoms with Gasteiger partial charge in [-0.3, -0.25) is 19.2 Å². The van der Waals surface area contributed by atoms with Crippen molar-refractivity contribution in [1.29, 1.82) is 0 Å². The third kappa shape index (κ3) is 4.95. The van der Waals surface area contributed by atoms with E-state index in [2.05, 4.69) is 10.2 Å². The molecule has 0 unspecified atom stereocenters. The SMILES string of the molecule is COc1ccc2c3c1O[C@H]1C(OC(=O)C[C@H](OC(C)=O)C(=O)O[C@@H](C)C(=O)N[C@@H](C)C(=O)O)=CC[C@@]4(O)[C@H](C2)N(C)CC[C@]314. The fraction of sp³-hybridized carbons (Fsp3) is 0.567. The van der Waals surface area contributed by atoms with Gasteiger partial charge in [0.15, 0.2) is 23.7 Å². The number of carboxylic acids is 1. The van der Waals surface area contributed by atoms with E-state index in [9.17, 15) is 29.1 Å². The molecule has 1 aromatic rings. The zero-order valence-corrected chi connectivity index (χ0v) is 25.1. The molecule has 5 rings (SSSR count). The van der Waals surface area contributed by atoms with E-state index in [0.29, 0.717) is 30.9 Å². The molecule has 0 saturated carbocycles. The zero-order valence-electron chi connectivity index (χ0n) is 25.1. The molecule has 1 aromatic carbocycles. The largest absolute Gasteiger partial charge is 0.493 e. The van der Waals surface area contributed by atoms with Gasteiger partial charge >= 0.3 is 23.9 Å². The van der Waals surface area contributed by atoms with Gasteiger partial charge < -0.3 is 44.1 Å². The number of hydrogen-bond donors (Lipinski definition) is 3. The quantitative estimate of drug-likeness (QED) is 0.242. The van der Waals surface area contributed by atoms with Gasteiger partial charge in [-0.15, -0.1) is 0 Å². The van der Waals surface area contributed by atoms with Crippen LogP contribution >= 0.6 is 0 Å². The topological polar surface area (TPSA) is 187 Å². The first kappa shape index (κ1) is 31.3. The molecule has 2 heterocycles. The monoisotopic (exact) mass is 616 g/mol. The summed E-state index contributed by atoms with van der Waals surface area (Å²) in [6.45, 7) is 4.14. The summed E-state index contributed by atoms with van der Waals surface area (Å²) < 4.78 is 27.9. The smallest absolute Gasteiger partial charge is 0.348 e. The van der Waals surface area contributed by atoms with Crippen LogP contribution in [0.25, 0.3) is 0 Å². The lowest BCUT2D eigenvalue weighted by molar-refractivity contribution is -0.177.